The molecule has 0 radical (unpaired) electrons. The summed E-state index contributed by atoms with van der Waals surface area (Å²) in [6.07, 6.45) is 4.50. The molecule has 2 heterocycles. The maximum atomic E-state index is 6.08. The Balaban J connectivity index is 1.91. The van der Waals surface area contributed by atoms with Gasteiger partial charge in [-0.3, -0.25) is 0 Å². The van der Waals surface area contributed by atoms with Crippen LogP contribution in [-0.2, 0) is 4.74 Å². The van der Waals surface area contributed by atoms with Crippen LogP contribution in [0.15, 0.2) is 18.2 Å². The Labute approximate surface area is 113 Å². The van der Waals surface area contributed by atoms with E-state index in [0.717, 1.165) is 48.3 Å². The lowest BCUT2D eigenvalue weighted by atomic mass is 10.1. The quantitative estimate of drug-likeness (QED) is 0.889. The van der Waals surface area contributed by atoms with E-state index in [1.54, 1.807) is 0 Å². The molecular weight excluding hydrogens is 238 g/mol. The molecule has 4 heteroatoms. The summed E-state index contributed by atoms with van der Waals surface area (Å²) < 4.78 is 5.77. The highest BCUT2D eigenvalue weighted by molar-refractivity contribution is 5.76. The fourth-order valence-electron chi connectivity index (χ4n) is 2.62. The number of benzene rings is 1. The average Bonchev–Trinajstić information content (AvgIpc) is 2.90. The van der Waals surface area contributed by atoms with Gasteiger partial charge in [-0.15, -0.1) is 0 Å². The molecule has 3 N–H and O–H groups in total. The Bertz CT molecular complexity index is 558. The van der Waals surface area contributed by atoms with E-state index in [1.165, 1.54) is 6.42 Å². The fraction of sp³-hybridized carbons (Fsp3) is 0.533. The van der Waals surface area contributed by atoms with Gasteiger partial charge >= 0.3 is 0 Å². The monoisotopic (exact) mass is 259 g/mol. The van der Waals surface area contributed by atoms with Crippen LogP contribution in [0.3, 0.4) is 0 Å². The third kappa shape index (κ3) is 2.51. The molecule has 0 amide bonds. The molecule has 1 aromatic heterocycles. The van der Waals surface area contributed by atoms with Gasteiger partial charge in [0.1, 0.15) is 11.9 Å². The first kappa shape index (κ1) is 12.6. The van der Waals surface area contributed by atoms with E-state index < -0.39 is 0 Å². The van der Waals surface area contributed by atoms with Gasteiger partial charge in [-0.25, -0.2) is 4.98 Å². The lowest BCUT2D eigenvalue weighted by Gasteiger charge is -2.20. The highest BCUT2D eigenvalue weighted by Crippen LogP contribution is 2.28. The van der Waals surface area contributed by atoms with Crippen LogP contribution in [0.25, 0.3) is 11.0 Å². The van der Waals surface area contributed by atoms with Crippen LogP contribution in [0.2, 0.25) is 0 Å². The minimum Gasteiger partial charge on any atom is -0.370 e. The van der Waals surface area contributed by atoms with Crippen molar-refractivity contribution in [3.8, 4) is 0 Å². The molecule has 1 aliphatic heterocycles. The third-order valence-electron chi connectivity index (χ3n) is 3.88. The molecule has 0 aliphatic carbocycles. The standard InChI is InChI=1S/C15H21N3O/c1-2-11(16)10-6-7-12-13(9-10)18-15(17-12)14-5-3-4-8-19-14/h6-7,9,11,14H,2-5,8,16H2,1H3,(H,17,18). The molecule has 1 saturated heterocycles. The van der Waals surface area contributed by atoms with Crippen LogP contribution >= 0.6 is 0 Å². The van der Waals surface area contributed by atoms with Gasteiger partial charge in [-0.2, -0.15) is 0 Å². The summed E-state index contributed by atoms with van der Waals surface area (Å²) in [5.41, 5.74) is 9.29. The number of aromatic amines is 1. The molecular formula is C15H21N3O. The van der Waals surface area contributed by atoms with Crippen LogP contribution in [0, 0.1) is 0 Å². The average molecular weight is 259 g/mol. The Kier molecular flexibility index (Phi) is 3.53. The van der Waals surface area contributed by atoms with E-state index in [4.69, 9.17) is 10.5 Å². The number of rotatable bonds is 3. The van der Waals surface area contributed by atoms with E-state index in [2.05, 4.69) is 29.0 Å². The fourth-order valence-corrected chi connectivity index (χ4v) is 2.62. The number of ether oxygens (including phenoxy) is 1. The zero-order valence-electron chi connectivity index (χ0n) is 11.4. The number of nitrogens with zero attached hydrogens (tertiary/aromatic N) is 1. The van der Waals surface area contributed by atoms with Crippen molar-refractivity contribution in [3.05, 3.63) is 29.6 Å². The number of H-pyrrole nitrogens is 1. The molecule has 2 unspecified atom stereocenters. The highest BCUT2D eigenvalue weighted by atomic mass is 16.5. The van der Waals surface area contributed by atoms with E-state index in [9.17, 15) is 0 Å². The Morgan fingerprint density at radius 1 is 1.47 bits per heavy atom. The molecule has 0 saturated carbocycles. The Hall–Kier alpha value is -1.39. The Morgan fingerprint density at radius 2 is 2.37 bits per heavy atom. The summed E-state index contributed by atoms with van der Waals surface area (Å²) in [5.74, 6) is 0.955. The second-order valence-corrected chi connectivity index (χ2v) is 5.27. The summed E-state index contributed by atoms with van der Waals surface area (Å²) >= 11 is 0. The second kappa shape index (κ2) is 5.31. The molecule has 4 nitrogen and oxygen atoms in total. The smallest absolute Gasteiger partial charge is 0.136 e. The van der Waals surface area contributed by atoms with E-state index >= 15 is 0 Å². The maximum Gasteiger partial charge on any atom is 0.136 e. The zero-order chi connectivity index (χ0) is 13.2. The number of fused-ring (bicyclic) bond motifs is 1. The van der Waals surface area contributed by atoms with Crippen molar-refractivity contribution in [2.24, 2.45) is 5.73 Å². The lowest BCUT2D eigenvalue weighted by molar-refractivity contribution is 0.0101. The van der Waals surface area contributed by atoms with Crippen LogP contribution < -0.4 is 5.73 Å². The summed E-state index contributed by atoms with van der Waals surface area (Å²) in [5, 5.41) is 0. The molecule has 1 aromatic carbocycles. The van der Waals surface area contributed by atoms with Gasteiger partial charge in [0.15, 0.2) is 0 Å². The third-order valence-corrected chi connectivity index (χ3v) is 3.88. The SMILES string of the molecule is CCC(N)c1ccc2nc(C3CCCCO3)[nH]c2c1. The predicted octanol–water partition coefficient (Wildman–Crippen LogP) is 3.21. The van der Waals surface area contributed by atoms with Crippen LogP contribution in [-0.4, -0.2) is 16.6 Å². The van der Waals surface area contributed by atoms with Crippen LogP contribution in [0.5, 0.6) is 0 Å². The van der Waals surface area contributed by atoms with E-state index in [-0.39, 0.29) is 12.1 Å². The van der Waals surface area contributed by atoms with Gasteiger partial charge in [-0.05, 0) is 43.4 Å². The molecule has 2 atom stereocenters. The molecule has 2 aromatic rings. The second-order valence-electron chi connectivity index (χ2n) is 5.27. The number of nitrogens with two attached hydrogens (primary N) is 1. The van der Waals surface area contributed by atoms with Gasteiger partial charge in [0.25, 0.3) is 0 Å². The highest BCUT2D eigenvalue weighted by Gasteiger charge is 2.19. The summed E-state index contributed by atoms with van der Waals surface area (Å²) in [6.45, 7) is 2.94. The number of aromatic nitrogens is 2. The molecule has 0 spiro atoms. The van der Waals surface area contributed by atoms with Gasteiger partial charge in [-0.1, -0.05) is 13.0 Å². The van der Waals surface area contributed by atoms with Crippen molar-refractivity contribution >= 4 is 11.0 Å². The van der Waals surface area contributed by atoms with Crippen molar-refractivity contribution in [3.63, 3.8) is 0 Å². The number of hydrogen-bond donors (Lipinski definition) is 2. The molecule has 1 aliphatic rings. The number of nitrogens with one attached hydrogen (secondary N) is 1. The predicted molar refractivity (Wildman–Crippen MR) is 75.9 cm³/mol. The van der Waals surface area contributed by atoms with Crippen molar-refractivity contribution < 1.29 is 4.74 Å². The van der Waals surface area contributed by atoms with Crippen molar-refractivity contribution in [2.75, 3.05) is 6.61 Å². The Morgan fingerprint density at radius 3 is 3.11 bits per heavy atom. The molecule has 102 valence electrons. The number of imidazole rings is 1. The summed E-state index contributed by atoms with van der Waals surface area (Å²) in [7, 11) is 0. The van der Waals surface area contributed by atoms with Crippen molar-refractivity contribution in [2.45, 2.75) is 44.8 Å². The lowest BCUT2D eigenvalue weighted by Crippen LogP contribution is -2.12. The van der Waals surface area contributed by atoms with E-state index in [0.29, 0.717) is 0 Å². The summed E-state index contributed by atoms with van der Waals surface area (Å²) in [4.78, 5) is 8.03. The first-order valence-corrected chi connectivity index (χ1v) is 7.14. The molecule has 0 bridgehead atoms. The first-order chi connectivity index (χ1) is 9.28. The van der Waals surface area contributed by atoms with Gasteiger partial charge < -0.3 is 15.5 Å². The van der Waals surface area contributed by atoms with Crippen LogP contribution in [0.1, 0.15) is 56.1 Å². The largest absolute Gasteiger partial charge is 0.370 e. The number of hydrogen-bond acceptors (Lipinski definition) is 3. The van der Waals surface area contributed by atoms with Gasteiger partial charge in [0.05, 0.1) is 11.0 Å². The van der Waals surface area contributed by atoms with Crippen molar-refractivity contribution in [1.29, 1.82) is 0 Å². The first-order valence-electron chi connectivity index (χ1n) is 7.14. The molecule has 19 heavy (non-hydrogen) atoms. The zero-order valence-corrected chi connectivity index (χ0v) is 11.4. The molecule has 3 rings (SSSR count). The van der Waals surface area contributed by atoms with E-state index in [1.807, 2.05) is 6.07 Å². The topological polar surface area (TPSA) is 63.9 Å². The van der Waals surface area contributed by atoms with Crippen LogP contribution in [0.4, 0.5) is 0 Å². The minimum absolute atomic E-state index is 0.0991. The summed E-state index contributed by atoms with van der Waals surface area (Å²) in [6, 6.07) is 6.33. The minimum atomic E-state index is 0.0991. The maximum absolute atomic E-state index is 6.08. The van der Waals surface area contributed by atoms with Gasteiger partial charge in [0.2, 0.25) is 0 Å². The normalized spacial score (nSPS) is 21.7. The molecule has 1 fully saturated rings. The van der Waals surface area contributed by atoms with Gasteiger partial charge in [0, 0.05) is 12.6 Å². The van der Waals surface area contributed by atoms with Crippen molar-refractivity contribution in [1.82, 2.24) is 9.97 Å².